The first-order chi connectivity index (χ1) is 16.1. The highest BCUT2D eigenvalue weighted by Crippen LogP contribution is 2.34. The van der Waals surface area contributed by atoms with Crippen LogP contribution in [0.5, 0.6) is 5.88 Å². The molecule has 2 aromatic heterocycles. The van der Waals surface area contributed by atoms with E-state index in [0.29, 0.717) is 37.7 Å². The van der Waals surface area contributed by atoms with Crippen LogP contribution in [0.4, 0.5) is 0 Å². The lowest BCUT2D eigenvalue weighted by atomic mass is 10.1. The standard InChI is InChI=1S/C24H27N5O4/c1-3-19-17-14-16(7-8-20(17)29(26-19)22-6-4-5-12-32-22)18-15-25-27(2)24(18)33-13-11-28-10-9-21(30)23(28)31/h1,7-8,14-15,21-22,30H,4-6,9-13H2,2H3/t21-,22?/m0/s1. The van der Waals surface area contributed by atoms with Crippen LogP contribution in [0, 0.1) is 12.3 Å². The highest BCUT2D eigenvalue weighted by molar-refractivity contribution is 5.89. The largest absolute Gasteiger partial charge is 0.476 e. The molecule has 2 fully saturated rings. The van der Waals surface area contributed by atoms with Gasteiger partial charge in [0.15, 0.2) is 6.23 Å². The molecule has 5 rings (SSSR count). The van der Waals surface area contributed by atoms with Crippen LogP contribution in [0.15, 0.2) is 24.4 Å². The number of carbonyl (C=O) groups is 1. The number of fused-ring (bicyclic) bond motifs is 1. The number of aryl methyl sites for hydroxylation is 1. The lowest BCUT2D eigenvalue weighted by Crippen LogP contribution is -2.33. The maximum absolute atomic E-state index is 11.9. The highest BCUT2D eigenvalue weighted by atomic mass is 16.5. The third-order valence-electron chi connectivity index (χ3n) is 6.34. The van der Waals surface area contributed by atoms with Gasteiger partial charge in [0.1, 0.15) is 18.4 Å². The summed E-state index contributed by atoms with van der Waals surface area (Å²) in [6.07, 6.45) is 10.1. The van der Waals surface area contributed by atoms with Crippen LogP contribution in [0.2, 0.25) is 0 Å². The molecule has 172 valence electrons. The fraction of sp³-hybridized carbons (Fsp3) is 0.458. The Kier molecular flexibility index (Phi) is 5.79. The Hall–Kier alpha value is -3.35. The van der Waals surface area contributed by atoms with Gasteiger partial charge >= 0.3 is 0 Å². The summed E-state index contributed by atoms with van der Waals surface area (Å²) in [5.74, 6) is 3.07. The molecule has 2 atom stereocenters. The van der Waals surface area contributed by atoms with E-state index in [-0.39, 0.29) is 12.1 Å². The number of carbonyl (C=O) groups excluding carboxylic acids is 1. The molecule has 2 saturated heterocycles. The summed E-state index contributed by atoms with van der Waals surface area (Å²) in [4.78, 5) is 13.5. The summed E-state index contributed by atoms with van der Waals surface area (Å²) in [5, 5.41) is 19.5. The van der Waals surface area contributed by atoms with Gasteiger partial charge in [0.05, 0.1) is 23.8 Å². The molecule has 0 aliphatic carbocycles. The van der Waals surface area contributed by atoms with Crippen LogP contribution >= 0.6 is 0 Å². The van der Waals surface area contributed by atoms with Gasteiger partial charge in [-0.1, -0.05) is 6.07 Å². The number of hydrogen-bond donors (Lipinski definition) is 1. The first-order valence-electron chi connectivity index (χ1n) is 11.3. The number of likely N-dealkylation sites (tertiary alicyclic amines) is 1. The van der Waals surface area contributed by atoms with Crippen molar-refractivity contribution in [2.24, 2.45) is 7.05 Å². The quantitative estimate of drug-likeness (QED) is 0.579. The molecule has 0 radical (unpaired) electrons. The first-order valence-corrected chi connectivity index (χ1v) is 11.3. The molecule has 1 aromatic carbocycles. The highest BCUT2D eigenvalue weighted by Gasteiger charge is 2.29. The van der Waals surface area contributed by atoms with Crippen molar-refractivity contribution in [3.8, 4) is 29.4 Å². The lowest BCUT2D eigenvalue weighted by Gasteiger charge is -2.23. The maximum atomic E-state index is 11.9. The molecule has 3 aromatic rings. The maximum Gasteiger partial charge on any atom is 0.251 e. The molecule has 2 aliphatic heterocycles. The normalized spacial score (nSPS) is 21.0. The van der Waals surface area contributed by atoms with Crippen molar-refractivity contribution in [1.82, 2.24) is 24.5 Å². The second kappa shape index (κ2) is 8.89. The van der Waals surface area contributed by atoms with E-state index in [4.69, 9.17) is 15.9 Å². The zero-order chi connectivity index (χ0) is 22.9. The van der Waals surface area contributed by atoms with Gasteiger partial charge in [-0.15, -0.1) is 6.42 Å². The smallest absolute Gasteiger partial charge is 0.251 e. The summed E-state index contributed by atoms with van der Waals surface area (Å²) in [6, 6.07) is 6.03. The number of ether oxygens (including phenoxy) is 2. The van der Waals surface area contributed by atoms with E-state index in [0.717, 1.165) is 47.9 Å². The van der Waals surface area contributed by atoms with Crippen LogP contribution in [-0.4, -0.2) is 67.9 Å². The monoisotopic (exact) mass is 449 g/mol. The summed E-state index contributed by atoms with van der Waals surface area (Å²) in [6.45, 7) is 1.99. The number of hydrogen-bond acceptors (Lipinski definition) is 6. The van der Waals surface area contributed by atoms with Crippen molar-refractivity contribution in [2.75, 3.05) is 26.3 Å². The molecule has 1 amide bonds. The van der Waals surface area contributed by atoms with E-state index in [1.807, 2.05) is 29.9 Å². The Labute approximate surface area is 191 Å². The molecule has 33 heavy (non-hydrogen) atoms. The van der Waals surface area contributed by atoms with Gasteiger partial charge in [-0.05, 0) is 49.3 Å². The van der Waals surface area contributed by atoms with Crippen LogP contribution < -0.4 is 4.74 Å². The van der Waals surface area contributed by atoms with Gasteiger partial charge in [-0.2, -0.15) is 10.2 Å². The van der Waals surface area contributed by atoms with Crippen molar-refractivity contribution >= 4 is 16.8 Å². The van der Waals surface area contributed by atoms with Crippen molar-refractivity contribution in [3.63, 3.8) is 0 Å². The Morgan fingerprint density at radius 2 is 2.21 bits per heavy atom. The van der Waals surface area contributed by atoms with Gasteiger partial charge in [0, 0.05) is 25.6 Å². The Morgan fingerprint density at radius 1 is 1.33 bits per heavy atom. The molecule has 0 saturated carbocycles. The SMILES string of the molecule is C#Cc1nn(C2CCCCO2)c2ccc(-c3cnn(C)c3OCCN3CC[C@H](O)C3=O)cc12. The van der Waals surface area contributed by atoms with E-state index in [2.05, 4.69) is 16.1 Å². The van der Waals surface area contributed by atoms with Gasteiger partial charge in [0.25, 0.3) is 5.91 Å². The third-order valence-corrected chi connectivity index (χ3v) is 6.34. The molecular weight excluding hydrogens is 422 g/mol. The third kappa shape index (κ3) is 3.96. The topological polar surface area (TPSA) is 94.6 Å². The zero-order valence-electron chi connectivity index (χ0n) is 18.6. The van der Waals surface area contributed by atoms with E-state index in [1.165, 1.54) is 0 Å². The van der Waals surface area contributed by atoms with E-state index < -0.39 is 6.10 Å². The number of aliphatic hydroxyl groups is 1. The van der Waals surface area contributed by atoms with Crippen molar-refractivity contribution in [1.29, 1.82) is 0 Å². The number of nitrogens with zero attached hydrogens (tertiary/aromatic N) is 5. The molecular formula is C24H27N5O4. The summed E-state index contributed by atoms with van der Waals surface area (Å²) in [5.41, 5.74) is 3.27. The number of rotatable bonds is 6. The molecule has 1 unspecified atom stereocenters. The lowest BCUT2D eigenvalue weighted by molar-refractivity contribution is -0.134. The average Bonchev–Trinajstić information content (AvgIpc) is 3.50. The van der Waals surface area contributed by atoms with Crippen molar-refractivity contribution in [2.45, 2.75) is 38.0 Å². The predicted octanol–water partition coefficient (Wildman–Crippen LogP) is 2.09. The van der Waals surface area contributed by atoms with Gasteiger partial charge in [-0.3, -0.25) is 4.79 Å². The van der Waals surface area contributed by atoms with Crippen LogP contribution in [0.25, 0.3) is 22.0 Å². The molecule has 1 N–H and O–H groups in total. The minimum Gasteiger partial charge on any atom is -0.476 e. The molecule has 9 nitrogen and oxygen atoms in total. The van der Waals surface area contributed by atoms with Crippen LogP contribution in [0.3, 0.4) is 0 Å². The second-order valence-electron chi connectivity index (χ2n) is 8.46. The van der Waals surface area contributed by atoms with Crippen LogP contribution in [-0.2, 0) is 16.6 Å². The number of amides is 1. The number of benzene rings is 1. The van der Waals surface area contributed by atoms with Gasteiger partial charge < -0.3 is 19.5 Å². The summed E-state index contributed by atoms with van der Waals surface area (Å²) < 4.78 is 15.5. The second-order valence-corrected chi connectivity index (χ2v) is 8.46. The van der Waals surface area contributed by atoms with Crippen molar-refractivity contribution in [3.05, 3.63) is 30.1 Å². The first kappa shape index (κ1) is 21.5. The molecule has 0 bridgehead atoms. The van der Waals surface area contributed by atoms with E-state index >= 15 is 0 Å². The van der Waals surface area contributed by atoms with E-state index in [1.54, 1.807) is 15.8 Å². The minimum absolute atomic E-state index is 0.0988. The van der Waals surface area contributed by atoms with Crippen molar-refractivity contribution < 1.29 is 19.4 Å². The average molecular weight is 450 g/mol. The minimum atomic E-state index is -0.894. The Bertz CT molecular complexity index is 1220. The molecule has 9 heteroatoms. The molecule has 4 heterocycles. The predicted molar refractivity (Wildman–Crippen MR) is 121 cm³/mol. The molecule has 0 spiro atoms. The summed E-state index contributed by atoms with van der Waals surface area (Å²) >= 11 is 0. The summed E-state index contributed by atoms with van der Waals surface area (Å²) in [7, 11) is 1.81. The van der Waals surface area contributed by atoms with Crippen LogP contribution in [0.1, 0.15) is 37.6 Å². The van der Waals surface area contributed by atoms with E-state index in [9.17, 15) is 9.90 Å². The number of terminal acetylenes is 1. The van der Waals surface area contributed by atoms with Gasteiger partial charge in [0.2, 0.25) is 5.88 Å². The fourth-order valence-electron chi connectivity index (χ4n) is 4.54. The van der Waals surface area contributed by atoms with Gasteiger partial charge in [-0.25, -0.2) is 9.36 Å². The zero-order valence-corrected chi connectivity index (χ0v) is 18.6. The Balaban J connectivity index is 1.40. The molecule has 2 aliphatic rings. The Morgan fingerprint density at radius 3 is 2.94 bits per heavy atom. The fourth-order valence-corrected chi connectivity index (χ4v) is 4.54. The number of aliphatic hydroxyl groups excluding tert-OH is 1. The number of aromatic nitrogens is 4.